The molecule has 0 atom stereocenters. The van der Waals surface area contributed by atoms with E-state index in [9.17, 15) is 13.2 Å². The molecule has 0 aromatic carbocycles. The van der Waals surface area contributed by atoms with Crippen LogP contribution in [-0.2, 0) is 14.8 Å². The van der Waals surface area contributed by atoms with E-state index in [1.54, 1.807) is 12.3 Å². The summed E-state index contributed by atoms with van der Waals surface area (Å²) in [4.78, 5) is 15.1. The third-order valence-corrected chi connectivity index (χ3v) is 4.18. The van der Waals surface area contributed by atoms with Crippen LogP contribution in [-0.4, -0.2) is 45.3 Å². The number of thiazole rings is 1. The number of nitrogens with one attached hydrogen (secondary N) is 2. The molecule has 0 aliphatic heterocycles. The van der Waals surface area contributed by atoms with Gasteiger partial charge >= 0.3 is 5.97 Å². The monoisotopic (exact) mass is 293 g/mol. The summed E-state index contributed by atoms with van der Waals surface area (Å²) < 4.78 is 29.6. The van der Waals surface area contributed by atoms with Gasteiger partial charge < -0.3 is 10.1 Å². The lowest BCUT2D eigenvalue weighted by Gasteiger charge is -2.04. The van der Waals surface area contributed by atoms with Gasteiger partial charge in [0.2, 0.25) is 10.0 Å². The quantitative estimate of drug-likeness (QED) is 0.701. The third-order valence-electron chi connectivity index (χ3n) is 1.91. The molecular weight excluding hydrogens is 278 g/mol. The minimum atomic E-state index is -3.24. The van der Waals surface area contributed by atoms with Crippen molar-refractivity contribution in [2.24, 2.45) is 0 Å². The lowest BCUT2D eigenvalue weighted by Crippen LogP contribution is -2.29. The summed E-state index contributed by atoms with van der Waals surface area (Å²) in [6.45, 7) is 2.31. The van der Waals surface area contributed by atoms with E-state index in [0.717, 1.165) is 0 Å². The molecule has 0 radical (unpaired) electrons. The van der Waals surface area contributed by atoms with E-state index >= 15 is 0 Å². The van der Waals surface area contributed by atoms with Gasteiger partial charge in [-0.15, -0.1) is 11.3 Å². The van der Waals surface area contributed by atoms with Crippen molar-refractivity contribution in [1.29, 1.82) is 0 Å². The number of ether oxygens (including phenoxy) is 1. The van der Waals surface area contributed by atoms with E-state index in [2.05, 4.69) is 19.8 Å². The van der Waals surface area contributed by atoms with E-state index < -0.39 is 16.0 Å². The Balaban J connectivity index is 2.45. The number of methoxy groups -OCH3 is 1. The van der Waals surface area contributed by atoms with E-state index in [-0.39, 0.29) is 18.0 Å². The summed E-state index contributed by atoms with van der Waals surface area (Å²) in [7, 11) is -1.97. The maximum atomic E-state index is 11.3. The van der Waals surface area contributed by atoms with E-state index in [0.29, 0.717) is 11.7 Å². The number of esters is 1. The second kappa shape index (κ2) is 6.66. The Morgan fingerprint density at radius 1 is 1.56 bits per heavy atom. The minimum absolute atomic E-state index is 0.0476. The molecule has 0 spiro atoms. The largest absolute Gasteiger partial charge is 0.464 e. The maximum Gasteiger partial charge on any atom is 0.357 e. The van der Waals surface area contributed by atoms with Gasteiger partial charge in [-0.2, -0.15) is 0 Å². The average Bonchev–Trinajstić information content (AvgIpc) is 2.76. The molecule has 2 N–H and O–H groups in total. The van der Waals surface area contributed by atoms with Crippen LogP contribution in [0.4, 0.5) is 5.13 Å². The van der Waals surface area contributed by atoms with Crippen molar-refractivity contribution in [3.8, 4) is 0 Å². The van der Waals surface area contributed by atoms with Gasteiger partial charge in [-0.05, 0) is 0 Å². The van der Waals surface area contributed by atoms with Crippen LogP contribution in [0.5, 0.6) is 0 Å². The van der Waals surface area contributed by atoms with Crippen LogP contribution in [0.2, 0.25) is 0 Å². The first kappa shape index (κ1) is 14.9. The molecule has 9 heteroatoms. The summed E-state index contributed by atoms with van der Waals surface area (Å²) in [5.74, 6) is -0.562. The van der Waals surface area contributed by atoms with Crippen molar-refractivity contribution in [2.45, 2.75) is 6.92 Å². The molecule has 0 unspecified atom stereocenters. The molecule has 0 amide bonds. The minimum Gasteiger partial charge on any atom is -0.464 e. The fraction of sp³-hybridized carbons (Fsp3) is 0.556. The normalized spacial score (nSPS) is 11.2. The van der Waals surface area contributed by atoms with Gasteiger partial charge in [0, 0.05) is 18.5 Å². The smallest absolute Gasteiger partial charge is 0.357 e. The lowest BCUT2D eigenvalue weighted by molar-refractivity contribution is 0.0595. The van der Waals surface area contributed by atoms with E-state index in [1.807, 2.05) is 0 Å². The van der Waals surface area contributed by atoms with Crippen LogP contribution in [0.15, 0.2) is 5.38 Å². The van der Waals surface area contributed by atoms with Crippen LogP contribution < -0.4 is 10.0 Å². The zero-order chi connectivity index (χ0) is 13.6. The van der Waals surface area contributed by atoms with Crippen molar-refractivity contribution in [3.05, 3.63) is 11.1 Å². The number of aromatic nitrogens is 1. The molecule has 0 aliphatic rings. The zero-order valence-corrected chi connectivity index (χ0v) is 11.7. The lowest BCUT2D eigenvalue weighted by atomic mass is 10.5. The fourth-order valence-electron chi connectivity index (χ4n) is 1.14. The first-order valence-corrected chi connectivity index (χ1v) is 7.76. The van der Waals surface area contributed by atoms with Gasteiger partial charge in [-0.1, -0.05) is 6.92 Å². The molecule has 1 aromatic rings. The van der Waals surface area contributed by atoms with Crippen LogP contribution in [0, 0.1) is 0 Å². The highest BCUT2D eigenvalue weighted by Gasteiger charge is 2.11. The van der Waals surface area contributed by atoms with Crippen molar-refractivity contribution in [1.82, 2.24) is 9.71 Å². The molecule has 7 nitrogen and oxygen atoms in total. The standard InChI is InChI=1S/C9H15N3O4S2/c1-3-11-18(14,15)5-4-10-9-12-7(6-17-9)8(13)16-2/h6,11H,3-5H2,1-2H3,(H,10,12). The predicted molar refractivity (Wildman–Crippen MR) is 69.4 cm³/mol. The first-order chi connectivity index (χ1) is 8.48. The molecule has 0 aliphatic carbocycles. The second-order valence-electron chi connectivity index (χ2n) is 3.27. The molecule has 1 aromatic heterocycles. The molecule has 0 fully saturated rings. The van der Waals surface area contributed by atoms with Crippen molar-refractivity contribution < 1.29 is 17.9 Å². The summed E-state index contributed by atoms with van der Waals surface area (Å²) >= 11 is 1.22. The Labute approximate surface area is 110 Å². The Hall–Kier alpha value is -1.19. The van der Waals surface area contributed by atoms with Gasteiger partial charge in [0.15, 0.2) is 10.8 Å². The van der Waals surface area contributed by atoms with Crippen LogP contribution in [0.25, 0.3) is 0 Å². The van der Waals surface area contributed by atoms with Crippen molar-refractivity contribution >= 4 is 32.5 Å². The highest BCUT2D eigenvalue weighted by molar-refractivity contribution is 7.89. The predicted octanol–water partition coefficient (Wildman–Crippen LogP) is 0.281. The summed E-state index contributed by atoms with van der Waals surface area (Å²) in [6.07, 6.45) is 0. The van der Waals surface area contributed by atoms with Gasteiger partial charge in [0.05, 0.1) is 12.9 Å². The third kappa shape index (κ3) is 4.59. The highest BCUT2D eigenvalue weighted by atomic mass is 32.2. The SMILES string of the molecule is CCNS(=O)(=O)CCNc1nc(C(=O)OC)cs1. The molecule has 1 rings (SSSR count). The Morgan fingerprint density at radius 2 is 2.28 bits per heavy atom. The Bertz CT molecular complexity index is 498. The number of hydrogen-bond acceptors (Lipinski definition) is 7. The van der Waals surface area contributed by atoms with Crippen molar-refractivity contribution in [2.75, 3.05) is 31.3 Å². The fourth-order valence-corrected chi connectivity index (χ4v) is 2.80. The summed E-state index contributed by atoms with van der Waals surface area (Å²) in [5.41, 5.74) is 0.208. The molecule has 1 heterocycles. The second-order valence-corrected chi connectivity index (χ2v) is 6.06. The number of hydrogen-bond donors (Lipinski definition) is 2. The van der Waals surface area contributed by atoms with Crippen LogP contribution >= 0.6 is 11.3 Å². The number of anilines is 1. The van der Waals surface area contributed by atoms with Crippen molar-refractivity contribution in [3.63, 3.8) is 0 Å². The van der Waals surface area contributed by atoms with Gasteiger partial charge in [0.1, 0.15) is 0 Å². The molecular formula is C9H15N3O4S2. The number of carbonyl (C=O) groups is 1. The molecule has 18 heavy (non-hydrogen) atoms. The van der Waals surface area contributed by atoms with E-state index in [1.165, 1.54) is 18.4 Å². The Kier molecular flexibility index (Phi) is 5.51. The average molecular weight is 293 g/mol. The Morgan fingerprint density at radius 3 is 2.89 bits per heavy atom. The maximum absolute atomic E-state index is 11.3. The van der Waals surface area contributed by atoms with Crippen LogP contribution in [0.3, 0.4) is 0 Å². The van der Waals surface area contributed by atoms with Gasteiger partial charge in [-0.25, -0.2) is 22.9 Å². The molecule has 0 saturated carbocycles. The van der Waals surface area contributed by atoms with Gasteiger partial charge in [0.25, 0.3) is 0 Å². The summed E-state index contributed by atoms with van der Waals surface area (Å²) in [6, 6.07) is 0. The molecule has 0 saturated heterocycles. The summed E-state index contributed by atoms with van der Waals surface area (Å²) in [5, 5.41) is 4.88. The van der Waals surface area contributed by atoms with E-state index in [4.69, 9.17) is 0 Å². The highest BCUT2D eigenvalue weighted by Crippen LogP contribution is 2.15. The topological polar surface area (TPSA) is 97.4 Å². The first-order valence-electron chi connectivity index (χ1n) is 5.23. The molecule has 102 valence electrons. The number of rotatable bonds is 7. The number of carbonyl (C=O) groups excluding carboxylic acids is 1. The van der Waals surface area contributed by atoms with Crippen LogP contribution in [0.1, 0.15) is 17.4 Å². The number of sulfonamides is 1. The zero-order valence-electron chi connectivity index (χ0n) is 10.1. The number of nitrogens with zero attached hydrogens (tertiary/aromatic N) is 1. The molecule has 0 bridgehead atoms. The van der Waals surface area contributed by atoms with Gasteiger partial charge in [-0.3, -0.25) is 0 Å².